The van der Waals surface area contributed by atoms with Crippen molar-refractivity contribution in [2.24, 2.45) is 5.41 Å². The number of para-hydroxylation sites is 1. The lowest BCUT2D eigenvalue weighted by Crippen LogP contribution is -2.47. The van der Waals surface area contributed by atoms with E-state index in [9.17, 15) is 9.59 Å². The number of rotatable bonds is 1. The summed E-state index contributed by atoms with van der Waals surface area (Å²) in [4.78, 5) is 32.0. The molecule has 1 aromatic heterocycles. The average molecular weight is 430 g/mol. The van der Waals surface area contributed by atoms with Gasteiger partial charge < -0.3 is 20.1 Å². The summed E-state index contributed by atoms with van der Waals surface area (Å²) in [5, 5.41) is 0.388. The zero-order chi connectivity index (χ0) is 21.0. The van der Waals surface area contributed by atoms with E-state index in [2.05, 4.69) is 11.1 Å². The van der Waals surface area contributed by atoms with Gasteiger partial charge in [0.15, 0.2) is 5.13 Å². The van der Waals surface area contributed by atoms with Crippen molar-refractivity contribution in [1.82, 2.24) is 9.88 Å². The molecule has 0 aliphatic carbocycles. The number of carbonyl (C=O) groups excluding carboxylic acids is 2. The number of fused-ring (bicyclic) bond motifs is 1. The van der Waals surface area contributed by atoms with Crippen LogP contribution in [0.1, 0.15) is 47.3 Å². The van der Waals surface area contributed by atoms with Crippen LogP contribution in [0.15, 0.2) is 30.5 Å². The lowest BCUT2D eigenvalue weighted by atomic mass is 9.74. The first-order valence-electron chi connectivity index (χ1n) is 10.5. The van der Waals surface area contributed by atoms with Gasteiger partial charge in [-0.2, -0.15) is 0 Å². The van der Waals surface area contributed by atoms with Crippen LogP contribution in [0, 0.1) is 5.41 Å². The highest BCUT2D eigenvalue weighted by molar-refractivity contribution is 7.17. The molecule has 2 aromatic rings. The predicted octanol–water partition coefficient (Wildman–Crippen LogP) is 3.30. The Hall–Kier alpha value is -2.61. The first-order valence-corrected chi connectivity index (χ1v) is 11.3. The molecule has 30 heavy (non-hydrogen) atoms. The molecule has 7 nitrogen and oxygen atoms in total. The number of hydrogen-bond acceptors (Lipinski definition) is 7. The number of aryl methyl sites for hydroxylation is 1. The molecule has 2 aliphatic rings. The van der Waals surface area contributed by atoms with Crippen LogP contribution >= 0.6 is 11.3 Å². The Morgan fingerprint density at radius 3 is 2.63 bits per heavy atom. The van der Waals surface area contributed by atoms with Crippen molar-refractivity contribution in [1.29, 1.82) is 0 Å². The molecule has 0 saturated carbocycles. The number of likely N-dealkylation sites (tertiary alicyclic amines) is 1. The van der Waals surface area contributed by atoms with Gasteiger partial charge in [-0.3, -0.25) is 9.59 Å². The summed E-state index contributed by atoms with van der Waals surface area (Å²) < 4.78 is 11.5. The van der Waals surface area contributed by atoms with Crippen molar-refractivity contribution in [2.45, 2.75) is 38.5 Å². The number of ether oxygens (including phenoxy) is 2. The van der Waals surface area contributed by atoms with Crippen LogP contribution in [0.4, 0.5) is 5.13 Å². The van der Waals surface area contributed by atoms with E-state index < -0.39 is 5.41 Å². The Kier molecular flexibility index (Phi) is 6.22. The monoisotopic (exact) mass is 429 g/mol. The van der Waals surface area contributed by atoms with Crippen molar-refractivity contribution in [2.75, 3.05) is 32.0 Å². The van der Waals surface area contributed by atoms with E-state index in [0.717, 1.165) is 31.4 Å². The zero-order valence-electron chi connectivity index (χ0n) is 17.0. The van der Waals surface area contributed by atoms with Gasteiger partial charge in [0.1, 0.15) is 23.8 Å². The second-order valence-electron chi connectivity index (χ2n) is 7.93. The van der Waals surface area contributed by atoms with Gasteiger partial charge in [0.2, 0.25) is 0 Å². The SMILES string of the molecule is Nc1ncc(C(=O)N2CCC3(CCCCc4ccccc4OCCOC3=O)CC2)s1. The van der Waals surface area contributed by atoms with Gasteiger partial charge >= 0.3 is 5.97 Å². The number of hydrogen-bond donors (Lipinski definition) is 1. The summed E-state index contributed by atoms with van der Waals surface area (Å²) >= 11 is 1.20. The Balaban J connectivity index is 1.41. The number of benzene rings is 1. The van der Waals surface area contributed by atoms with Gasteiger partial charge in [-0.25, -0.2) is 4.98 Å². The van der Waals surface area contributed by atoms with Crippen LogP contribution in [-0.4, -0.2) is 48.1 Å². The van der Waals surface area contributed by atoms with E-state index in [-0.39, 0.29) is 18.5 Å². The second kappa shape index (κ2) is 9.04. The molecule has 160 valence electrons. The summed E-state index contributed by atoms with van der Waals surface area (Å²) in [5.41, 5.74) is 6.33. The van der Waals surface area contributed by atoms with E-state index in [1.807, 2.05) is 18.2 Å². The Labute approximate surface area is 180 Å². The summed E-state index contributed by atoms with van der Waals surface area (Å²) in [5.74, 6) is 0.652. The van der Waals surface area contributed by atoms with Gasteiger partial charge in [0, 0.05) is 13.1 Å². The third kappa shape index (κ3) is 4.43. The number of anilines is 1. The van der Waals surface area contributed by atoms with Crippen LogP contribution in [0.25, 0.3) is 0 Å². The molecule has 8 heteroatoms. The molecule has 3 heterocycles. The second-order valence-corrected chi connectivity index (χ2v) is 9.00. The number of aromatic nitrogens is 1. The highest BCUT2D eigenvalue weighted by atomic mass is 32.1. The number of carbonyl (C=O) groups is 2. The number of nitrogens with two attached hydrogens (primary N) is 1. The topological polar surface area (TPSA) is 94.8 Å². The molecule has 1 aromatic carbocycles. The summed E-state index contributed by atoms with van der Waals surface area (Å²) in [6.07, 6.45) is 6.38. The number of cyclic esters (lactones) is 1. The third-order valence-corrected chi connectivity index (χ3v) is 6.89. The normalized spacial score (nSPS) is 19.7. The summed E-state index contributed by atoms with van der Waals surface area (Å²) in [7, 11) is 0. The standard InChI is InChI=1S/C22H27N3O4S/c23-21-24-15-18(30-21)19(26)25-11-9-22(10-12-25)8-4-3-6-16-5-1-2-7-17(16)28-13-14-29-20(22)27/h1-2,5,7,15H,3-4,6,8-14H2,(H2,23,24). The molecule has 1 saturated heterocycles. The maximum atomic E-state index is 13.0. The van der Waals surface area contributed by atoms with E-state index >= 15 is 0 Å². The first kappa shape index (κ1) is 20.7. The van der Waals surface area contributed by atoms with Gasteiger partial charge in [-0.1, -0.05) is 36.0 Å². The predicted molar refractivity (Wildman–Crippen MR) is 115 cm³/mol. The Morgan fingerprint density at radius 2 is 1.87 bits per heavy atom. The fourth-order valence-corrected chi connectivity index (χ4v) is 4.96. The minimum absolute atomic E-state index is 0.0643. The lowest BCUT2D eigenvalue weighted by molar-refractivity contribution is -0.160. The number of thiazole rings is 1. The fraction of sp³-hybridized carbons (Fsp3) is 0.500. The van der Waals surface area contributed by atoms with Crippen LogP contribution in [-0.2, 0) is 16.0 Å². The Morgan fingerprint density at radius 1 is 1.10 bits per heavy atom. The van der Waals surface area contributed by atoms with Crippen LogP contribution < -0.4 is 10.5 Å². The molecule has 0 bridgehead atoms. The van der Waals surface area contributed by atoms with Crippen LogP contribution in [0.3, 0.4) is 0 Å². The number of amides is 1. The van der Waals surface area contributed by atoms with Crippen molar-refractivity contribution < 1.29 is 19.1 Å². The molecule has 0 unspecified atom stereocenters. The Bertz CT molecular complexity index is 905. The molecule has 1 spiro atoms. The quantitative estimate of drug-likeness (QED) is 0.699. The van der Waals surface area contributed by atoms with Crippen molar-refractivity contribution in [3.05, 3.63) is 40.9 Å². The maximum absolute atomic E-state index is 13.0. The third-order valence-electron chi connectivity index (χ3n) is 6.07. The molecular weight excluding hydrogens is 402 g/mol. The van der Waals surface area contributed by atoms with Gasteiger partial charge in [0.25, 0.3) is 5.91 Å². The van der Waals surface area contributed by atoms with Crippen molar-refractivity contribution in [3.63, 3.8) is 0 Å². The smallest absolute Gasteiger partial charge is 0.312 e. The van der Waals surface area contributed by atoms with Gasteiger partial charge in [-0.05, 0) is 43.7 Å². The van der Waals surface area contributed by atoms with Gasteiger partial charge in [0.05, 0.1) is 11.6 Å². The highest BCUT2D eigenvalue weighted by Gasteiger charge is 2.43. The molecule has 0 atom stereocenters. The first-order chi connectivity index (χ1) is 14.6. The molecular formula is C22H27N3O4S. The molecule has 4 rings (SSSR count). The maximum Gasteiger partial charge on any atom is 0.312 e. The van der Waals surface area contributed by atoms with Crippen LogP contribution in [0.5, 0.6) is 5.75 Å². The number of piperidine rings is 1. The zero-order valence-corrected chi connectivity index (χ0v) is 17.8. The fourth-order valence-electron chi connectivity index (χ4n) is 4.31. The number of esters is 1. The minimum Gasteiger partial charge on any atom is -0.490 e. The van der Waals surface area contributed by atoms with E-state index in [0.29, 0.717) is 42.5 Å². The average Bonchev–Trinajstić information content (AvgIpc) is 3.20. The van der Waals surface area contributed by atoms with Gasteiger partial charge in [-0.15, -0.1) is 0 Å². The largest absolute Gasteiger partial charge is 0.490 e. The van der Waals surface area contributed by atoms with Crippen LogP contribution in [0.2, 0.25) is 0 Å². The summed E-state index contributed by atoms with van der Waals surface area (Å²) in [6.45, 7) is 1.64. The molecule has 1 fully saturated rings. The number of nitrogens with zero attached hydrogens (tertiary/aromatic N) is 2. The lowest BCUT2D eigenvalue weighted by Gasteiger charge is -2.40. The van der Waals surface area contributed by atoms with Crippen molar-refractivity contribution in [3.8, 4) is 5.75 Å². The molecule has 0 radical (unpaired) electrons. The molecule has 1 amide bonds. The van der Waals surface area contributed by atoms with E-state index in [1.165, 1.54) is 23.1 Å². The van der Waals surface area contributed by atoms with Crippen molar-refractivity contribution >= 4 is 28.3 Å². The summed E-state index contributed by atoms with van der Waals surface area (Å²) in [6, 6.07) is 8.05. The minimum atomic E-state index is -0.526. The van der Waals surface area contributed by atoms with E-state index in [1.54, 1.807) is 4.90 Å². The molecule has 2 aliphatic heterocycles. The highest BCUT2D eigenvalue weighted by Crippen LogP contribution is 2.39. The molecule has 2 N–H and O–H groups in total. The van der Waals surface area contributed by atoms with E-state index in [4.69, 9.17) is 15.2 Å². The number of nitrogen functional groups attached to an aromatic ring is 1.